The van der Waals surface area contributed by atoms with Crippen LogP contribution in [0.4, 0.5) is 0 Å². The lowest BCUT2D eigenvalue weighted by Gasteiger charge is -2.26. The van der Waals surface area contributed by atoms with Gasteiger partial charge in [0.25, 0.3) is 0 Å². The van der Waals surface area contributed by atoms with Crippen molar-refractivity contribution < 1.29 is 34.3 Å². The molecule has 2 aromatic rings. The predicted octanol–water partition coefficient (Wildman–Crippen LogP) is 2.05. The number of aliphatic hydroxyl groups excluding tert-OH is 3. The van der Waals surface area contributed by atoms with E-state index in [0.717, 1.165) is 11.1 Å². The third kappa shape index (κ3) is 7.02. The number of aliphatic hydroxyl groups is 3. The number of hydrogen-bond acceptors (Lipinski definition) is 7. The fourth-order valence-electron chi connectivity index (χ4n) is 2.80. The van der Waals surface area contributed by atoms with Gasteiger partial charge < -0.3 is 29.5 Å². The van der Waals surface area contributed by atoms with Crippen LogP contribution in [0.1, 0.15) is 31.9 Å². The third-order valence-electron chi connectivity index (χ3n) is 4.73. The highest BCUT2D eigenvalue weighted by Crippen LogP contribution is 2.33. The minimum atomic E-state index is -0.898. The minimum Gasteiger partial charge on any atom is -0.491 e. The largest absolute Gasteiger partial charge is 0.491 e. The number of hydrogen-bond donors (Lipinski definition) is 3. The van der Waals surface area contributed by atoms with E-state index in [-0.39, 0.29) is 31.8 Å². The molecule has 2 atom stereocenters. The maximum Gasteiger partial charge on any atom is 0.302 e. The van der Waals surface area contributed by atoms with Crippen LogP contribution in [-0.2, 0) is 14.9 Å². The molecule has 0 fully saturated rings. The van der Waals surface area contributed by atoms with Crippen LogP contribution in [0.5, 0.6) is 11.5 Å². The average Bonchev–Trinajstić information content (AvgIpc) is 2.75. The highest BCUT2D eigenvalue weighted by Gasteiger charge is 2.23. The summed E-state index contributed by atoms with van der Waals surface area (Å²) in [5.74, 6) is 0.795. The van der Waals surface area contributed by atoms with Crippen molar-refractivity contribution in [3.8, 4) is 11.5 Å². The van der Waals surface area contributed by atoms with Gasteiger partial charge in [-0.05, 0) is 35.4 Å². The van der Waals surface area contributed by atoms with Crippen molar-refractivity contribution >= 4 is 5.97 Å². The van der Waals surface area contributed by atoms with Gasteiger partial charge >= 0.3 is 5.97 Å². The van der Waals surface area contributed by atoms with Gasteiger partial charge in [0.15, 0.2) is 0 Å². The fraction of sp³-hybridized carbons (Fsp3) is 0.435. The molecule has 3 N–H and O–H groups in total. The Kier molecular flexibility index (Phi) is 8.65. The van der Waals surface area contributed by atoms with Crippen molar-refractivity contribution in [3.05, 3.63) is 59.7 Å². The van der Waals surface area contributed by atoms with E-state index in [2.05, 4.69) is 13.8 Å². The van der Waals surface area contributed by atoms with Gasteiger partial charge in [0, 0.05) is 12.3 Å². The van der Waals surface area contributed by atoms with E-state index in [9.17, 15) is 15.0 Å². The summed E-state index contributed by atoms with van der Waals surface area (Å²) in [5, 5.41) is 28.0. The molecule has 2 unspecified atom stereocenters. The van der Waals surface area contributed by atoms with Crippen molar-refractivity contribution in [2.45, 2.75) is 38.4 Å². The second-order valence-corrected chi connectivity index (χ2v) is 7.59. The van der Waals surface area contributed by atoms with Crippen molar-refractivity contribution in [2.75, 3.05) is 26.4 Å². The molecule has 7 heteroatoms. The summed E-state index contributed by atoms with van der Waals surface area (Å²) in [7, 11) is 0. The summed E-state index contributed by atoms with van der Waals surface area (Å²) in [5.41, 5.74) is 1.90. The Morgan fingerprint density at radius 1 is 0.833 bits per heavy atom. The summed E-state index contributed by atoms with van der Waals surface area (Å²) in [6, 6.07) is 15.2. The molecule has 164 valence electrons. The van der Waals surface area contributed by atoms with E-state index in [4.69, 9.17) is 19.3 Å². The van der Waals surface area contributed by atoms with Gasteiger partial charge in [0.05, 0.1) is 6.61 Å². The summed E-state index contributed by atoms with van der Waals surface area (Å²) < 4.78 is 15.7. The molecule has 0 saturated carbocycles. The number of carbonyl (C=O) groups is 1. The predicted molar refractivity (Wildman–Crippen MR) is 112 cm³/mol. The van der Waals surface area contributed by atoms with Crippen LogP contribution < -0.4 is 9.47 Å². The molecule has 0 aliphatic heterocycles. The molecule has 0 spiro atoms. The third-order valence-corrected chi connectivity index (χ3v) is 4.73. The SMILES string of the molecule is CC(=O)OCC(O)COc1ccc(C(C)(C)c2ccc(OCC(O)CO)cc2)cc1. The molecule has 7 nitrogen and oxygen atoms in total. The van der Waals surface area contributed by atoms with Crippen molar-refractivity contribution in [1.29, 1.82) is 0 Å². The van der Waals surface area contributed by atoms with E-state index in [1.807, 2.05) is 48.5 Å². The number of rotatable bonds is 11. The Bertz CT molecular complexity index is 784. The van der Waals surface area contributed by atoms with Gasteiger partial charge in [0.2, 0.25) is 0 Å². The van der Waals surface area contributed by atoms with Crippen molar-refractivity contribution in [1.82, 2.24) is 0 Å². The first-order valence-corrected chi connectivity index (χ1v) is 9.79. The first-order valence-electron chi connectivity index (χ1n) is 9.79. The maximum absolute atomic E-state index is 10.8. The van der Waals surface area contributed by atoms with Gasteiger partial charge in [0.1, 0.15) is 43.5 Å². The molecule has 0 amide bonds. The monoisotopic (exact) mass is 418 g/mol. The molecule has 0 aliphatic carbocycles. The Morgan fingerprint density at radius 3 is 1.67 bits per heavy atom. The standard InChI is InChI=1S/C23H30O7/c1-16(25)28-14-20(27)15-30-22-10-6-18(7-11-22)23(2,3)17-4-8-21(9-5-17)29-13-19(26)12-24/h4-11,19-20,24,26-27H,12-15H2,1-3H3. The molecule has 0 radical (unpaired) electrons. The molecule has 0 bridgehead atoms. The Morgan fingerprint density at radius 2 is 1.27 bits per heavy atom. The lowest BCUT2D eigenvalue weighted by atomic mass is 9.78. The van der Waals surface area contributed by atoms with Crippen LogP contribution in [-0.4, -0.2) is 59.9 Å². The van der Waals surface area contributed by atoms with Gasteiger partial charge in [-0.1, -0.05) is 38.1 Å². The summed E-state index contributed by atoms with van der Waals surface area (Å²) >= 11 is 0. The quantitative estimate of drug-likeness (QED) is 0.480. The lowest BCUT2D eigenvalue weighted by Crippen LogP contribution is -2.24. The van der Waals surface area contributed by atoms with Crippen LogP contribution in [0.25, 0.3) is 0 Å². The first kappa shape index (κ1) is 23.7. The Hall–Kier alpha value is -2.61. The highest BCUT2D eigenvalue weighted by atomic mass is 16.5. The molecule has 2 aromatic carbocycles. The fourth-order valence-corrected chi connectivity index (χ4v) is 2.80. The Balaban J connectivity index is 1.96. The van der Waals surface area contributed by atoms with Crippen LogP contribution in [0, 0.1) is 0 Å². The van der Waals surface area contributed by atoms with E-state index >= 15 is 0 Å². The van der Waals surface area contributed by atoms with Crippen LogP contribution in [0.3, 0.4) is 0 Å². The zero-order valence-electron chi connectivity index (χ0n) is 17.6. The van der Waals surface area contributed by atoms with Gasteiger partial charge in [-0.3, -0.25) is 4.79 Å². The first-order chi connectivity index (χ1) is 14.2. The smallest absolute Gasteiger partial charge is 0.302 e. The van der Waals surface area contributed by atoms with E-state index < -0.39 is 18.2 Å². The zero-order chi connectivity index (χ0) is 22.1. The summed E-state index contributed by atoms with van der Waals surface area (Å²) in [6.07, 6.45) is -1.78. The molecule has 30 heavy (non-hydrogen) atoms. The van der Waals surface area contributed by atoms with Crippen molar-refractivity contribution in [3.63, 3.8) is 0 Å². The van der Waals surface area contributed by atoms with Gasteiger partial charge in [-0.2, -0.15) is 0 Å². The van der Waals surface area contributed by atoms with Crippen LogP contribution in [0.2, 0.25) is 0 Å². The summed E-state index contributed by atoms with van der Waals surface area (Å²) in [6.45, 7) is 5.14. The van der Waals surface area contributed by atoms with Gasteiger partial charge in [-0.25, -0.2) is 0 Å². The molecule has 0 aliphatic rings. The minimum absolute atomic E-state index is 0.0302. The molecular weight excluding hydrogens is 388 g/mol. The second-order valence-electron chi connectivity index (χ2n) is 7.59. The number of benzene rings is 2. The average molecular weight is 418 g/mol. The van der Waals surface area contributed by atoms with Gasteiger partial charge in [-0.15, -0.1) is 0 Å². The summed E-state index contributed by atoms with van der Waals surface area (Å²) in [4.78, 5) is 10.8. The highest BCUT2D eigenvalue weighted by molar-refractivity contribution is 5.65. The maximum atomic E-state index is 10.8. The van der Waals surface area contributed by atoms with E-state index in [1.165, 1.54) is 6.92 Å². The lowest BCUT2D eigenvalue weighted by molar-refractivity contribution is -0.144. The van der Waals surface area contributed by atoms with E-state index in [1.54, 1.807) is 0 Å². The Labute approximate surface area is 176 Å². The number of carbonyl (C=O) groups excluding carboxylic acids is 1. The molecule has 0 aromatic heterocycles. The molecule has 2 rings (SSSR count). The molecule has 0 heterocycles. The zero-order valence-corrected chi connectivity index (χ0v) is 17.6. The molecular formula is C23H30O7. The number of ether oxygens (including phenoxy) is 3. The van der Waals surface area contributed by atoms with E-state index in [0.29, 0.717) is 11.5 Å². The molecule has 0 saturated heterocycles. The normalized spacial score (nSPS) is 13.4. The van der Waals surface area contributed by atoms with Crippen molar-refractivity contribution in [2.24, 2.45) is 0 Å². The topological polar surface area (TPSA) is 105 Å². The second kappa shape index (κ2) is 11.0. The number of esters is 1. The van der Waals surface area contributed by atoms with Crippen LogP contribution in [0.15, 0.2) is 48.5 Å². The van der Waals surface area contributed by atoms with Crippen LogP contribution >= 0.6 is 0 Å².